The minimum absolute atomic E-state index is 0.310. The predicted octanol–water partition coefficient (Wildman–Crippen LogP) is 3.32. The maximum absolute atomic E-state index is 10.9. The largest absolute Gasteiger partial charge is 0.478 e. The second-order valence-corrected chi connectivity index (χ2v) is 6.42. The Labute approximate surface area is 128 Å². The van der Waals surface area contributed by atoms with Gasteiger partial charge < -0.3 is 10.0 Å². The summed E-state index contributed by atoms with van der Waals surface area (Å²) in [4.78, 5) is 18.0. The van der Waals surface area contributed by atoms with Crippen LogP contribution in [0.5, 0.6) is 0 Å². The summed E-state index contributed by atoms with van der Waals surface area (Å²) >= 11 is 1.72. The normalized spacial score (nSPS) is 17.0. The van der Waals surface area contributed by atoms with E-state index in [-0.39, 0.29) is 0 Å². The smallest absolute Gasteiger partial charge is 0.335 e. The van der Waals surface area contributed by atoms with Crippen molar-refractivity contribution in [2.75, 3.05) is 20.1 Å². The van der Waals surface area contributed by atoms with Gasteiger partial charge in [-0.1, -0.05) is 12.1 Å². The lowest BCUT2D eigenvalue weighted by atomic mass is 9.98. The molecule has 0 saturated carbocycles. The molecule has 1 aromatic carbocycles. The molecule has 1 N–H and O–H groups in total. The number of nitrogens with zero attached hydrogens (tertiary/aromatic N) is 2. The van der Waals surface area contributed by atoms with Gasteiger partial charge in [-0.15, -0.1) is 11.3 Å². The highest BCUT2D eigenvalue weighted by Crippen LogP contribution is 2.32. The van der Waals surface area contributed by atoms with Crippen LogP contribution in [0.1, 0.15) is 34.1 Å². The fourth-order valence-corrected chi connectivity index (χ4v) is 3.65. The van der Waals surface area contributed by atoms with E-state index < -0.39 is 5.97 Å². The van der Waals surface area contributed by atoms with Crippen molar-refractivity contribution < 1.29 is 9.90 Å². The van der Waals surface area contributed by atoms with Crippen molar-refractivity contribution in [3.8, 4) is 11.3 Å². The Morgan fingerprint density at radius 3 is 2.57 bits per heavy atom. The van der Waals surface area contributed by atoms with Gasteiger partial charge in [-0.25, -0.2) is 9.78 Å². The SMILES string of the molecule is CN1CCC(c2nc(-c3ccc(C(=O)O)cc3)cs2)CC1. The van der Waals surface area contributed by atoms with Crippen LogP contribution in [-0.2, 0) is 0 Å². The molecule has 1 fully saturated rings. The molecule has 0 atom stereocenters. The summed E-state index contributed by atoms with van der Waals surface area (Å²) in [7, 11) is 2.16. The van der Waals surface area contributed by atoms with E-state index in [4.69, 9.17) is 10.1 Å². The van der Waals surface area contributed by atoms with Crippen molar-refractivity contribution in [1.82, 2.24) is 9.88 Å². The van der Waals surface area contributed by atoms with Crippen molar-refractivity contribution in [1.29, 1.82) is 0 Å². The number of hydrogen-bond acceptors (Lipinski definition) is 4. The quantitative estimate of drug-likeness (QED) is 0.945. The average molecular weight is 302 g/mol. The molecule has 0 amide bonds. The zero-order valence-corrected chi connectivity index (χ0v) is 12.8. The van der Waals surface area contributed by atoms with E-state index in [1.54, 1.807) is 23.5 Å². The number of carbonyl (C=O) groups is 1. The number of benzene rings is 1. The van der Waals surface area contributed by atoms with Crippen molar-refractivity contribution in [2.45, 2.75) is 18.8 Å². The molecule has 0 aliphatic carbocycles. The lowest BCUT2D eigenvalue weighted by molar-refractivity contribution is 0.0697. The first-order valence-corrected chi connectivity index (χ1v) is 7.99. The summed E-state index contributed by atoms with van der Waals surface area (Å²) in [6.07, 6.45) is 2.34. The monoisotopic (exact) mass is 302 g/mol. The van der Waals surface area contributed by atoms with Crippen molar-refractivity contribution in [3.05, 3.63) is 40.2 Å². The Kier molecular flexibility index (Phi) is 4.03. The highest BCUT2D eigenvalue weighted by molar-refractivity contribution is 7.10. The van der Waals surface area contributed by atoms with Crippen molar-refractivity contribution in [3.63, 3.8) is 0 Å². The first kappa shape index (κ1) is 14.2. The van der Waals surface area contributed by atoms with E-state index in [0.29, 0.717) is 11.5 Å². The number of likely N-dealkylation sites (tertiary alicyclic amines) is 1. The van der Waals surface area contributed by atoms with Gasteiger partial charge in [-0.2, -0.15) is 0 Å². The Morgan fingerprint density at radius 2 is 1.95 bits per heavy atom. The molecule has 0 bridgehead atoms. The molecule has 110 valence electrons. The summed E-state index contributed by atoms with van der Waals surface area (Å²) in [5.74, 6) is -0.329. The van der Waals surface area contributed by atoms with Gasteiger partial charge in [-0.3, -0.25) is 0 Å². The molecule has 1 aliphatic rings. The number of aromatic nitrogens is 1. The molecule has 3 rings (SSSR count). The van der Waals surface area contributed by atoms with Gasteiger partial charge in [0, 0.05) is 16.9 Å². The summed E-state index contributed by atoms with van der Waals surface area (Å²) in [6, 6.07) is 6.92. The molecular formula is C16H18N2O2S. The summed E-state index contributed by atoms with van der Waals surface area (Å²) in [6.45, 7) is 2.26. The Balaban J connectivity index is 1.76. The Morgan fingerprint density at radius 1 is 1.29 bits per heavy atom. The lowest BCUT2D eigenvalue weighted by Crippen LogP contribution is -2.29. The van der Waals surface area contributed by atoms with Crippen LogP contribution in [0.2, 0.25) is 0 Å². The molecule has 0 spiro atoms. The van der Waals surface area contributed by atoms with Gasteiger partial charge in [0.1, 0.15) is 0 Å². The van der Waals surface area contributed by atoms with Gasteiger partial charge in [0.25, 0.3) is 0 Å². The van der Waals surface area contributed by atoms with Crippen LogP contribution in [0.15, 0.2) is 29.6 Å². The van der Waals surface area contributed by atoms with E-state index >= 15 is 0 Å². The summed E-state index contributed by atoms with van der Waals surface area (Å²) in [5.41, 5.74) is 2.24. The predicted molar refractivity (Wildman–Crippen MR) is 84.0 cm³/mol. The standard InChI is InChI=1S/C16H18N2O2S/c1-18-8-6-12(7-9-18)15-17-14(10-21-15)11-2-4-13(5-3-11)16(19)20/h2-5,10,12H,6-9H2,1H3,(H,19,20). The van der Waals surface area contributed by atoms with E-state index in [1.807, 2.05) is 12.1 Å². The number of hydrogen-bond donors (Lipinski definition) is 1. The fraction of sp³-hybridized carbons (Fsp3) is 0.375. The number of carboxylic acids is 1. The number of thiazole rings is 1. The highest BCUT2D eigenvalue weighted by Gasteiger charge is 2.21. The third-order valence-corrected chi connectivity index (χ3v) is 5.02. The zero-order valence-electron chi connectivity index (χ0n) is 12.0. The molecule has 5 heteroatoms. The maximum Gasteiger partial charge on any atom is 0.335 e. The third-order valence-electron chi connectivity index (χ3n) is 4.02. The van der Waals surface area contributed by atoms with E-state index in [2.05, 4.69) is 17.3 Å². The van der Waals surface area contributed by atoms with Crippen LogP contribution in [0, 0.1) is 0 Å². The van der Waals surface area contributed by atoms with Crippen LogP contribution in [0.4, 0.5) is 0 Å². The number of piperidine rings is 1. The maximum atomic E-state index is 10.9. The van der Waals surface area contributed by atoms with Crippen LogP contribution >= 0.6 is 11.3 Å². The van der Waals surface area contributed by atoms with Crippen LogP contribution in [0.25, 0.3) is 11.3 Å². The molecule has 0 unspecified atom stereocenters. The molecule has 1 saturated heterocycles. The zero-order chi connectivity index (χ0) is 14.8. The minimum Gasteiger partial charge on any atom is -0.478 e. The molecular weight excluding hydrogens is 284 g/mol. The Hall–Kier alpha value is -1.72. The fourth-order valence-electron chi connectivity index (χ4n) is 2.65. The van der Waals surface area contributed by atoms with Crippen LogP contribution in [0.3, 0.4) is 0 Å². The molecule has 2 heterocycles. The van der Waals surface area contributed by atoms with Crippen molar-refractivity contribution >= 4 is 17.3 Å². The van der Waals surface area contributed by atoms with Crippen molar-refractivity contribution in [2.24, 2.45) is 0 Å². The van der Waals surface area contributed by atoms with Crippen LogP contribution in [-0.4, -0.2) is 41.1 Å². The van der Waals surface area contributed by atoms with Gasteiger partial charge in [0.15, 0.2) is 0 Å². The van der Waals surface area contributed by atoms with Gasteiger partial charge >= 0.3 is 5.97 Å². The molecule has 4 nitrogen and oxygen atoms in total. The van der Waals surface area contributed by atoms with E-state index in [1.165, 1.54) is 17.8 Å². The molecule has 21 heavy (non-hydrogen) atoms. The third kappa shape index (κ3) is 3.14. The second-order valence-electron chi connectivity index (χ2n) is 5.53. The molecule has 0 radical (unpaired) electrons. The van der Waals surface area contributed by atoms with Gasteiger partial charge in [0.05, 0.1) is 16.3 Å². The number of carboxylic acid groups (broad SMARTS) is 1. The Bertz CT molecular complexity index is 628. The van der Waals surface area contributed by atoms with E-state index in [9.17, 15) is 4.79 Å². The summed E-state index contributed by atoms with van der Waals surface area (Å²) in [5, 5.41) is 12.2. The summed E-state index contributed by atoms with van der Waals surface area (Å²) < 4.78 is 0. The molecule has 1 aromatic heterocycles. The first-order chi connectivity index (χ1) is 10.1. The van der Waals surface area contributed by atoms with Gasteiger partial charge in [-0.05, 0) is 45.1 Å². The second kappa shape index (κ2) is 5.95. The first-order valence-electron chi connectivity index (χ1n) is 7.11. The van der Waals surface area contributed by atoms with E-state index in [0.717, 1.165) is 24.3 Å². The molecule has 2 aromatic rings. The topological polar surface area (TPSA) is 53.4 Å². The highest BCUT2D eigenvalue weighted by atomic mass is 32.1. The minimum atomic E-state index is -0.896. The van der Waals surface area contributed by atoms with Gasteiger partial charge in [0.2, 0.25) is 0 Å². The number of rotatable bonds is 3. The number of aromatic carboxylic acids is 1. The van der Waals surface area contributed by atoms with Crippen LogP contribution < -0.4 is 0 Å². The lowest BCUT2D eigenvalue weighted by Gasteiger charge is -2.27. The molecule has 1 aliphatic heterocycles. The average Bonchev–Trinajstić information content (AvgIpc) is 2.98.